The van der Waals surface area contributed by atoms with Gasteiger partial charge < -0.3 is 9.42 Å². The van der Waals surface area contributed by atoms with Gasteiger partial charge in [-0.05, 0) is 44.2 Å². The number of benzene rings is 2. The third-order valence-corrected chi connectivity index (χ3v) is 5.63. The van der Waals surface area contributed by atoms with Crippen LogP contribution in [-0.2, 0) is 12.3 Å². The molecule has 1 aromatic heterocycles. The van der Waals surface area contributed by atoms with E-state index in [0.717, 1.165) is 9.37 Å². The Morgan fingerprint density at radius 2 is 2.07 bits per heavy atom. The first-order chi connectivity index (χ1) is 13.5. The lowest BCUT2D eigenvalue weighted by molar-refractivity contribution is 0.0747. The highest BCUT2D eigenvalue weighted by Crippen LogP contribution is 2.27. The van der Waals surface area contributed by atoms with Crippen molar-refractivity contribution in [3.8, 4) is 0 Å². The third-order valence-electron chi connectivity index (χ3n) is 4.08. The molecule has 146 valence electrons. The van der Waals surface area contributed by atoms with Gasteiger partial charge >= 0.3 is 0 Å². The van der Waals surface area contributed by atoms with E-state index in [-0.39, 0.29) is 18.3 Å². The molecule has 3 aromatic rings. The normalized spacial score (nSPS) is 10.9. The smallest absolute Gasteiger partial charge is 0.255 e. The van der Waals surface area contributed by atoms with Gasteiger partial charge in [0.05, 0.1) is 11.3 Å². The largest absolute Gasteiger partial charge is 0.338 e. The van der Waals surface area contributed by atoms with Gasteiger partial charge in [0.2, 0.25) is 5.89 Å². The number of halogens is 2. The van der Waals surface area contributed by atoms with Crippen LogP contribution >= 0.6 is 27.7 Å². The maximum absolute atomic E-state index is 14.1. The van der Waals surface area contributed by atoms with Crippen LogP contribution in [0.2, 0.25) is 0 Å². The summed E-state index contributed by atoms with van der Waals surface area (Å²) in [5.41, 5.74) is 1.04. The Balaban J connectivity index is 1.79. The average Bonchev–Trinajstić information content (AvgIpc) is 3.12. The fourth-order valence-electron chi connectivity index (χ4n) is 2.68. The summed E-state index contributed by atoms with van der Waals surface area (Å²) in [6.07, 6.45) is 0. The molecule has 0 aliphatic carbocycles. The fraction of sp³-hybridized carbons (Fsp3) is 0.250. The van der Waals surface area contributed by atoms with E-state index in [1.54, 1.807) is 30.0 Å². The van der Waals surface area contributed by atoms with Crippen LogP contribution in [0, 0.1) is 12.7 Å². The summed E-state index contributed by atoms with van der Waals surface area (Å²) < 4.78 is 20.0. The molecule has 0 atom stereocenters. The van der Waals surface area contributed by atoms with E-state index in [1.165, 1.54) is 17.8 Å². The first-order valence-electron chi connectivity index (χ1n) is 8.72. The van der Waals surface area contributed by atoms with E-state index < -0.39 is 0 Å². The molecular weight excluding hydrogens is 445 g/mol. The number of hydrogen-bond donors (Lipinski definition) is 0. The molecule has 0 saturated heterocycles. The van der Waals surface area contributed by atoms with Crippen molar-refractivity contribution in [3.63, 3.8) is 0 Å². The first kappa shape index (κ1) is 20.5. The van der Waals surface area contributed by atoms with Gasteiger partial charge in [-0.2, -0.15) is 4.98 Å². The van der Waals surface area contributed by atoms with E-state index >= 15 is 0 Å². The topological polar surface area (TPSA) is 59.2 Å². The summed E-state index contributed by atoms with van der Waals surface area (Å²) in [5.74, 6) is 1.08. The van der Waals surface area contributed by atoms with Crippen molar-refractivity contribution in [2.24, 2.45) is 0 Å². The second-order valence-electron chi connectivity index (χ2n) is 6.08. The highest BCUT2D eigenvalue weighted by molar-refractivity contribution is 9.10. The summed E-state index contributed by atoms with van der Waals surface area (Å²) in [6.45, 7) is 4.30. The van der Waals surface area contributed by atoms with Crippen LogP contribution in [0.15, 0.2) is 56.4 Å². The van der Waals surface area contributed by atoms with Crippen molar-refractivity contribution in [1.29, 1.82) is 0 Å². The molecule has 0 saturated carbocycles. The molecule has 0 aliphatic rings. The lowest BCUT2D eigenvalue weighted by Crippen LogP contribution is -2.31. The molecule has 0 unspecified atom stereocenters. The highest BCUT2D eigenvalue weighted by atomic mass is 79.9. The Kier molecular flexibility index (Phi) is 6.85. The summed E-state index contributed by atoms with van der Waals surface area (Å²) >= 11 is 4.81. The zero-order valence-electron chi connectivity index (χ0n) is 15.5. The standard InChI is InChI=1S/C20H19BrFN3O2S/c1-3-25(11-14-10-15(21)8-9-17(14)22)20(26)16-6-4-5-7-18(16)28-12-19-23-13(2)24-27-19/h4-10H,3,11-12H2,1-2H3. The van der Waals surface area contributed by atoms with Crippen molar-refractivity contribution in [1.82, 2.24) is 15.0 Å². The molecule has 3 rings (SSSR count). The molecule has 0 bridgehead atoms. The maximum Gasteiger partial charge on any atom is 0.255 e. The summed E-state index contributed by atoms with van der Waals surface area (Å²) in [5, 5.41) is 3.78. The van der Waals surface area contributed by atoms with E-state index in [4.69, 9.17) is 4.52 Å². The maximum atomic E-state index is 14.1. The average molecular weight is 464 g/mol. The lowest BCUT2D eigenvalue weighted by Gasteiger charge is -2.22. The number of thioether (sulfide) groups is 1. The van der Waals surface area contributed by atoms with E-state index in [9.17, 15) is 9.18 Å². The molecule has 28 heavy (non-hydrogen) atoms. The molecule has 0 N–H and O–H groups in total. The second kappa shape index (κ2) is 9.34. The minimum absolute atomic E-state index is 0.147. The molecule has 2 aromatic carbocycles. The van der Waals surface area contributed by atoms with Crippen molar-refractivity contribution in [3.05, 3.63) is 75.6 Å². The molecule has 1 heterocycles. The van der Waals surface area contributed by atoms with Gasteiger partial charge in [-0.25, -0.2) is 4.39 Å². The predicted octanol–water partition coefficient (Wildman–Crippen LogP) is 5.23. The van der Waals surface area contributed by atoms with E-state index in [2.05, 4.69) is 26.1 Å². The van der Waals surface area contributed by atoms with Gasteiger partial charge in [-0.15, -0.1) is 11.8 Å². The van der Waals surface area contributed by atoms with E-state index in [1.807, 2.05) is 25.1 Å². The van der Waals surface area contributed by atoms with Crippen molar-refractivity contribution >= 4 is 33.6 Å². The van der Waals surface area contributed by atoms with Crippen LogP contribution in [0.25, 0.3) is 0 Å². The molecule has 0 fully saturated rings. The zero-order valence-corrected chi connectivity index (χ0v) is 17.9. The fourth-order valence-corrected chi connectivity index (χ4v) is 3.97. The van der Waals surface area contributed by atoms with Crippen molar-refractivity contribution in [2.45, 2.75) is 31.0 Å². The number of nitrogens with zero attached hydrogens (tertiary/aromatic N) is 3. The second-order valence-corrected chi connectivity index (χ2v) is 8.01. The van der Waals surface area contributed by atoms with Crippen LogP contribution in [-0.4, -0.2) is 27.5 Å². The molecule has 1 amide bonds. The summed E-state index contributed by atoms with van der Waals surface area (Å²) in [4.78, 5) is 19.8. The quantitative estimate of drug-likeness (QED) is 0.448. The molecular formula is C20H19BrFN3O2S. The summed E-state index contributed by atoms with van der Waals surface area (Å²) in [6, 6.07) is 12.1. The van der Waals surface area contributed by atoms with E-state index in [0.29, 0.717) is 35.1 Å². The Morgan fingerprint density at radius 1 is 1.29 bits per heavy atom. The van der Waals surface area contributed by atoms with Crippen LogP contribution in [0.3, 0.4) is 0 Å². The Morgan fingerprint density at radius 3 is 2.79 bits per heavy atom. The van der Waals surface area contributed by atoms with Gasteiger partial charge in [0.1, 0.15) is 5.82 Å². The van der Waals surface area contributed by atoms with Gasteiger partial charge in [0.15, 0.2) is 5.82 Å². The Hall–Kier alpha value is -2.19. The minimum Gasteiger partial charge on any atom is -0.338 e. The Labute approximate surface area is 175 Å². The minimum atomic E-state index is -0.330. The first-order valence-corrected chi connectivity index (χ1v) is 10.5. The number of carbonyl (C=O) groups is 1. The van der Waals surface area contributed by atoms with Crippen molar-refractivity contribution in [2.75, 3.05) is 6.54 Å². The molecule has 0 aliphatic heterocycles. The van der Waals surface area contributed by atoms with Gasteiger partial charge in [-0.1, -0.05) is 33.2 Å². The van der Waals surface area contributed by atoms with Gasteiger partial charge in [-0.3, -0.25) is 4.79 Å². The monoisotopic (exact) mass is 463 g/mol. The van der Waals surface area contributed by atoms with Crippen LogP contribution in [0.5, 0.6) is 0 Å². The predicted molar refractivity (Wildman–Crippen MR) is 110 cm³/mol. The molecule has 5 nitrogen and oxygen atoms in total. The Bertz CT molecular complexity index is 980. The SMILES string of the molecule is CCN(Cc1cc(Br)ccc1F)C(=O)c1ccccc1SCc1nc(C)no1. The molecule has 0 spiro atoms. The van der Waals surface area contributed by atoms with Gasteiger partial charge in [0.25, 0.3) is 5.91 Å². The van der Waals surface area contributed by atoms with Crippen LogP contribution in [0.1, 0.15) is 34.6 Å². The number of rotatable bonds is 7. The molecule has 8 heteroatoms. The third kappa shape index (κ3) is 4.99. The van der Waals surface area contributed by atoms with Crippen molar-refractivity contribution < 1.29 is 13.7 Å². The number of aryl methyl sites for hydroxylation is 1. The number of carbonyl (C=O) groups excluding carboxylic acids is 1. The van der Waals surface area contributed by atoms with Gasteiger partial charge in [0, 0.05) is 28.0 Å². The zero-order chi connectivity index (χ0) is 20.1. The lowest BCUT2D eigenvalue weighted by atomic mass is 10.1. The highest BCUT2D eigenvalue weighted by Gasteiger charge is 2.20. The summed E-state index contributed by atoms with van der Waals surface area (Å²) in [7, 11) is 0. The number of hydrogen-bond acceptors (Lipinski definition) is 5. The van der Waals surface area contributed by atoms with Crippen LogP contribution in [0.4, 0.5) is 4.39 Å². The number of aromatic nitrogens is 2. The number of amides is 1. The molecule has 0 radical (unpaired) electrons. The van der Waals surface area contributed by atoms with Crippen LogP contribution < -0.4 is 0 Å².